The van der Waals surface area contributed by atoms with Crippen molar-refractivity contribution >= 4 is 11.8 Å². The van der Waals surface area contributed by atoms with Crippen molar-refractivity contribution in [2.24, 2.45) is 5.92 Å². The Hall–Kier alpha value is -0.710. The quantitative estimate of drug-likeness (QED) is 0.410. The molecule has 124 valence electrons. The Morgan fingerprint density at radius 2 is 1.77 bits per heavy atom. The van der Waals surface area contributed by atoms with E-state index in [1.165, 1.54) is 31.4 Å². The van der Waals surface area contributed by atoms with Crippen molar-refractivity contribution in [3.8, 4) is 0 Å². The molecular formula is C17H22F4S. The smallest absolute Gasteiger partial charge is 0.203 e. The van der Waals surface area contributed by atoms with Gasteiger partial charge in [-0.25, -0.2) is 8.78 Å². The average Bonchev–Trinajstić information content (AvgIpc) is 2.50. The molecule has 1 saturated carbocycles. The molecule has 0 unspecified atom stereocenters. The Labute approximate surface area is 133 Å². The first-order valence-corrected chi connectivity index (χ1v) is 8.83. The maximum absolute atomic E-state index is 14.2. The zero-order valence-corrected chi connectivity index (χ0v) is 13.6. The lowest BCUT2D eigenvalue weighted by Crippen LogP contribution is -2.15. The van der Waals surface area contributed by atoms with Crippen molar-refractivity contribution in [3.63, 3.8) is 0 Å². The summed E-state index contributed by atoms with van der Waals surface area (Å²) in [7, 11) is 0. The molecule has 1 aliphatic rings. The first-order chi connectivity index (χ1) is 10.5. The molecular weight excluding hydrogens is 312 g/mol. The summed E-state index contributed by atoms with van der Waals surface area (Å²) in [6.45, 7) is 2.17. The van der Waals surface area contributed by atoms with Gasteiger partial charge in [0.25, 0.3) is 5.76 Å². The fourth-order valence-corrected chi connectivity index (χ4v) is 3.84. The van der Waals surface area contributed by atoms with Gasteiger partial charge in [-0.1, -0.05) is 44.0 Å². The highest BCUT2D eigenvalue weighted by Crippen LogP contribution is 2.40. The van der Waals surface area contributed by atoms with Crippen LogP contribution < -0.4 is 0 Å². The Morgan fingerprint density at radius 1 is 1.09 bits per heavy atom. The summed E-state index contributed by atoms with van der Waals surface area (Å²) in [5.41, 5.74) is 0.352. The fourth-order valence-electron chi connectivity index (χ4n) is 3.30. The molecule has 1 aromatic rings. The lowest BCUT2D eigenvalue weighted by atomic mass is 9.77. The molecule has 1 aliphatic carbocycles. The van der Waals surface area contributed by atoms with Crippen molar-refractivity contribution in [3.05, 3.63) is 29.3 Å². The Kier molecular flexibility index (Phi) is 6.60. The number of alkyl halides is 2. The van der Waals surface area contributed by atoms with Crippen molar-refractivity contribution in [2.45, 2.75) is 68.4 Å². The Bertz CT molecular complexity index is 482. The molecule has 1 fully saturated rings. The monoisotopic (exact) mass is 334 g/mol. The molecule has 0 amide bonds. The van der Waals surface area contributed by atoms with E-state index < -0.39 is 17.4 Å². The van der Waals surface area contributed by atoms with Gasteiger partial charge in [-0.2, -0.15) is 8.78 Å². The molecule has 0 bridgehead atoms. The normalized spacial score (nSPS) is 22.3. The van der Waals surface area contributed by atoms with Crippen LogP contribution in [0, 0.1) is 17.6 Å². The van der Waals surface area contributed by atoms with E-state index in [0.29, 0.717) is 11.5 Å². The average molecular weight is 334 g/mol. The number of hydrogen-bond donors (Lipinski definition) is 0. The highest BCUT2D eigenvalue weighted by molar-refractivity contribution is 7.99. The van der Waals surface area contributed by atoms with Gasteiger partial charge in [0.2, 0.25) is 0 Å². The van der Waals surface area contributed by atoms with Gasteiger partial charge in [-0.3, -0.25) is 0 Å². The number of hydrogen-bond acceptors (Lipinski definition) is 1. The van der Waals surface area contributed by atoms with Gasteiger partial charge in [0.15, 0.2) is 11.6 Å². The van der Waals surface area contributed by atoms with E-state index in [9.17, 15) is 17.6 Å². The molecule has 22 heavy (non-hydrogen) atoms. The molecule has 0 nitrogen and oxygen atoms in total. The molecule has 0 atom stereocenters. The topological polar surface area (TPSA) is 0 Å². The third-order valence-corrected chi connectivity index (χ3v) is 5.29. The van der Waals surface area contributed by atoms with Gasteiger partial charge in [0, 0.05) is 0 Å². The van der Waals surface area contributed by atoms with Crippen LogP contribution in [0.25, 0.3) is 0 Å². The zero-order chi connectivity index (χ0) is 16.1. The third kappa shape index (κ3) is 4.40. The van der Waals surface area contributed by atoms with E-state index in [-0.39, 0.29) is 22.6 Å². The summed E-state index contributed by atoms with van der Waals surface area (Å²) in [6, 6.07) is 2.77. The molecule has 0 radical (unpaired) electrons. The first-order valence-electron chi connectivity index (χ1n) is 7.95. The fraction of sp³-hybridized carbons (Fsp3) is 0.647. The molecule has 0 spiro atoms. The summed E-state index contributed by atoms with van der Waals surface area (Å²) < 4.78 is 52.7. The number of benzene rings is 1. The van der Waals surface area contributed by atoms with Crippen LogP contribution in [0.4, 0.5) is 17.6 Å². The van der Waals surface area contributed by atoms with E-state index in [1.54, 1.807) is 0 Å². The maximum atomic E-state index is 14.2. The van der Waals surface area contributed by atoms with Gasteiger partial charge >= 0.3 is 0 Å². The van der Waals surface area contributed by atoms with Crippen LogP contribution in [0.15, 0.2) is 17.0 Å². The van der Waals surface area contributed by atoms with Gasteiger partial charge in [-0.15, -0.1) is 0 Å². The van der Waals surface area contributed by atoms with Gasteiger partial charge < -0.3 is 0 Å². The van der Waals surface area contributed by atoms with E-state index in [0.717, 1.165) is 25.7 Å². The second kappa shape index (κ2) is 8.23. The van der Waals surface area contributed by atoms with Gasteiger partial charge in [-0.05, 0) is 49.1 Å². The number of thioether (sulfide) groups is 1. The minimum atomic E-state index is -2.74. The zero-order valence-electron chi connectivity index (χ0n) is 12.8. The predicted octanol–water partition coefficient (Wildman–Crippen LogP) is 6.74. The molecule has 5 heteroatoms. The molecule has 0 saturated heterocycles. The van der Waals surface area contributed by atoms with E-state index in [4.69, 9.17) is 0 Å². The van der Waals surface area contributed by atoms with Gasteiger partial charge in [0.05, 0.1) is 4.90 Å². The lowest BCUT2D eigenvalue weighted by molar-refractivity contribution is 0.251. The highest BCUT2D eigenvalue weighted by atomic mass is 32.2. The summed E-state index contributed by atoms with van der Waals surface area (Å²) in [4.78, 5) is -0.312. The van der Waals surface area contributed by atoms with Crippen LogP contribution in [0.5, 0.6) is 0 Å². The number of rotatable bonds is 6. The number of halogens is 4. The SMILES string of the molecule is CCCCC1CCC(c2ccc(SC(F)F)c(F)c2F)CC1. The van der Waals surface area contributed by atoms with Crippen molar-refractivity contribution < 1.29 is 17.6 Å². The van der Waals surface area contributed by atoms with Crippen molar-refractivity contribution in [1.82, 2.24) is 0 Å². The second-order valence-electron chi connectivity index (χ2n) is 6.02. The summed E-state index contributed by atoms with van der Waals surface area (Å²) in [5.74, 6) is -4.11. The third-order valence-electron chi connectivity index (χ3n) is 4.55. The van der Waals surface area contributed by atoms with Crippen LogP contribution in [0.2, 0.25) is 0 Å². The molecule has 0 N–H and O–H groups in total. The van der Waals surface area contributed by atoms with E-state index in [1.807, 2.05) is 0 Å². The predicted molar refractivity (Wildman–Crippen MR) is 82.4 cm³/mol. The minimum Gasteiger partial charge on any atom is -0.203 e. The molecule has 2 rings (SSSR count). The van der Waals surface area contributed by atoms with E-state index in [2.05, 4.69) is 6.92 Å². The van der Waals surface area contributed by atoms with Crippen LogP contribution in [-0.4, -0.2) is 5.76 Å². The maximum Gasteiger partial charge on any atom is 0.289 e. The highest BCUT2D eigenvalue weighted by Gasteiger charge is 2.26. The first kappa shape index (κ1) is 17.6. The number of unbranched alkanes of at least 4 members (excludes halogenated alkanes) is 1. The summed E-state index contributed by atoms with van der Waals surface area (Å²) in [5, 5.41) is 0. The lowest BCUT2D eigenvalue weighted by Gasteiger charge is -2.29. The molecule has 1 aromatic carbocycles. The largest absolute Gasteiger partial charge is 0.289 e. The standard InChI is InChI=1S/C17H22F4S/c1-2-3-4-11-5-7-12(8-6-11)13-9-10-14(22-17(20)21)16(19)15(13)18/h9-12,17H,2-8H2,1H3. The molecule has 0 heterocycles. The second-order valence-corrected chi connectivity index (χ2v) is 7.05. The minimum absolute atomic E-state index is 0.0120. The molecule has 0 aliphatic heterocycles. The van der Waals surface area contributed by atoms with Crippen molar-refractivity contribution in [1.29, 1.82) is 0 Å². The molecule has 0 aromatic heterocycles. The Balaban J connectivity index is 2.03. The summed E-state index contributed by atoms with van der Waals surface area (Å²) >= 11 is 0.0557. The van der Waals surface area contributed by atoms with Crippen LogP contribution in [0.1, 0.15) is 63.4 Å². The summed E-state index contributed by atoms with van der Waals surface area (Å²) in [6.07, 6.45) is 7.40. The Morgan fingerprint density at radius 3 is 2.36 bits per heavy atom. The van der Waals surface area contributed by atoms with Crippen molar-refractivity contribution in [2.75, 3.05) is 0 Å². The van der Waals surface area contributed by atoms with Crippen LogP contribution in [0.3, 0.4) is 0 Å². The van der Waals surface area contributed by atoms with E-state index >= 15 is 0 Å². The van der Waals surface area contributed by atoms with Crippen LogP contribution >= 0.6 is 11.8 Å². The van der Waals surface area contributed by atoms with Crippen LogP contribution in [-0.2, 0) is 0 Å². The van der Waals surface area contributed by atoms with Gasteiger partial charge in [0.1, 0.15) is 0 Å².